The molecule has 0 aliphatic carbocycles. The maximum atomic E-state index is 11.5. The minimum absolute atomic E-state index is 0.0199. The first kappa shape index (κ1) is 18.8. The number of morpholine rings is 1. The molecular formula is C21H24N6O3. The van der Waals surface area contributed by atoms with Crippen LogP contribution in [-0.4, -0.2) is 64.4 Å². The molecule has 2 aliphatic heterocycles. The Morgan fingerprint density at radius 2 is 2.30 bits per heavy atom. The number of benzene rings is 1. The number of nitrogens with one attached hydrogen (secondary N) is 2. The number of nitrogens with zero attached hydrogens (tertiary/aromatic N) is 4. The number of anilines is 2. The molecule has 0 bridgehead atoms. The second-order valence-electron chi connectivity index (χ2n) is 7.65. The molecule has 2 aliphatic rings. The van der Waals surface area contributed by atoms with Crippen molar-refractivity contribution in [3.8, 4) is 5.75 Å². The number of rotatable bonds is 5. The number of aromatic nitrogens is 3. The average molecular weight is 408 g/mol. The Hall–Kier alpha value is -3.17. The summed E-state index contributed by atoms with van der Waals surface area (Å²) in [4.78, 5) is 18.4. The molecule has 0 spiro atoms. The second-order valence-corrected chi connectivity index (χ2v) is 7.65. The van der Waals surface area contributed by atoms with Crippen LogP contribution >= 0.6 is 0 Å². The molecule has 4 heterocycles. The van der Waals surface area contributed by atoms with Crippen molar-refractivity contribution in [2.45, 2.75) is 25.1 Å². The molecule has 2 aromatic heterocycles. The van der Waals surface area contributed by atoms with Gasteiger partial charge in [0.05, 0.1) is 19.3 Å². The lowest BCUT2D eigenvalue weighted by atomic mass is 10.00. The van der Waals surface area contributed by atoms with Crippen molar-refractivity contribution in [3.05, 3.63) is 48.4 Å². The van der Waals surface area contributed by atoms with Gasteiger partial charge in [-0.05, 0) is 30.2 Å². The van der Waals surface area contributed by atoms with Crippen LogP contribution in [0.15, 0.2) is 42.9 Å². The molecule has 0 saturated carbocycles. The molecule has 1 amide bonds. The number of hydrogen-bond donors (Lipinski definition) is 2. The number of hydrogen-bond acceptors (Lipinski definition) is 7. The fourth-order valence-corrected chi connectivity index (χ4v) is 4.21. The van der Waals surface area contributed by atoms with E-state index in [9.17, 15) is 4.79 Å². The highest BCUT2D eigenvalue weighted by Gasteiger charge is 2.34. The van der Waals surface area contributed by atoms with Gasteiger partial charge in [0.2, 0.25) is 5.91 Å². The number of ether oxygens (including phenoxy) is 2. The number of piperidine rings is 1. The molecule has 2 N–H and O–H groups in total. The van der Waals surface area contributed by atoms with Gasteiger partial charge in [0.25, 0.3) is 0 Å². The SMILES string of the molecule is COc1cccc(Nc2ncnn3ccc(CN4CC[C@H]5NC(=O)CO[C@@H]5C4)c23)c1. The van der Waals surface area contributed by atoms with Gasteiger partial charge in [-0.15, -0.1) is 0 Å². The maximum absolute atomic E-state index is 11.5. The van der Waals surface area contributed by atoms with Crippen LogP contribution in [0.5, 0.6) is 5.75 Å². The van der Waals surface area contributed by atoms with Gasteiger partial charge >= 0.3 is 0 Å². The molecule has 9 nitrogen and oxygen atoms in total. The number of fused-ring (bicyclic) bond motifs is 2. The van der Waals surface area contributed by atoms with Gasteiger partial charge in [-0.2, -0.15) is 5.10 Å². The summed E-state index contributed by atoms with van der Waals surface area (Å²) in [5, 5.41) is 10.8. The fourth-order valence-electron chi connectivity index (χ4n) is 4.21. The minimum atomic E-state index is -0.0199. The number of likely N-dealkylation sites (tertiary alicyclic amines) is 1. The molecule has 1 aromatic carbocycles. The van der Waals surface area contributed by atoms with E-state index in [1.165, 1.54) is 0 Å². The highest BCUT2D eigenvalue weighted by molar-refractivity contribution is 5.78. The predicted molar refractivity (Wildman–Crippen MR) is 111 cm³/mol. The van der Waals surface area contributed by atoms with Gasteiger partial charge in [-0.3, -0.25) is 9.69 Å². The van der Waals surface area contributed by atoms with Crippen LogP contribution in [0.3, 0.4) is 0 Å². The molecular weight excluding hydrogens is 384 g/mol. The zero-order valence-electron chi connectivity index (χ0n) is 16.7. The molecule has 2 saturated heterocycles. The molecule has 9 heteroatoms. The maximum Gasteiger partial charge on any atom is 0.246 e. The molecule has 30 heavy (non-hydrogen) atoms. The zero-order chi connectivity index (χ0) is 20.5. The zero-order valence-corrected chi connectivity index (χ0v) is 16.7. The lowest BCUT2D eigenvalue weighted by molar-refractivity contribution is -0.140. The van der Waals surface area contributed by atoms with E-state index in [1.54, 1.807) is 13.4 Å². The first-order chi connectivity index (χ1) is 14.7. The molecule has 3 aromatic rings. The summed E-state index contributed by atoms with van der Waals surface area (Å²) in [6, 6.07) is 9.94. The molecule has 2 fully saturated rings. The number of methoxy groups -OCH3 is 1. The van der Waals surface area contributed by atoms with E-state index < -0.39 is 0 Å². The first-order valence-electron chi connectivity index (χ1n) is 10.1. The molecule has 156 valence electrons. The third-order valence-corrected chi connectivity index (χ3v) is 5.68. The van der Waals surface area contributed by atoms with Gasteiger partial charge in [-0.25, -0.2) is 9.50 Å². The van der Waals surface area contributed by atoms with Gasteiger partial charge in [0.15, 0.2) is 5.82 Å². The van der Waals surface area contributed by atoms with Crippen molar-refractivity contribution < 1.29 is 14.3 Å². The van der Waals surface area contributed by atoms with E-state index in [0.717, 1.165) is 54.4 Å². The van der Waals surface area contributed by atoms with E-state index in [2.05, 4.69) is 31.7 Å². The third kappa shape index (κ3) is 3.69. The smallest absolute Gasteiger partial charge is 0.246 e. The van der Waals surface area contributed by atoms with E-state index >= 15 is 0 Å². The van der Waals surface area contributed by atoms with Crippen molar-refractivity contribution >= 4 is 22.9 Å². The van der Waals surface area contributed by atoms with E-state index in [1.807, 2.05) is 35.0 Å². The lowest BCUT2D eigenvalue weighted by Crippen LogP contribution is -2.59. The number of carbonyl (C=O) groups is 1. The quantitative estimate of drug-likeness (QED) is 0.662. The highest BCUT2D eigenvalue weighted by atomic mass is 16.5. The van der Waals surface area contributed by atoms with E-state index in [4.69, 9.17) is 9.47 Å². The van der Waals surface area contributed by atoms with Crippen molar-refractivity contribution in [2.75, 3.05) is 32.1 Å². The Morgan fingerprint density at radius 3 is 3.20 bits per heavy atom. The highest BCUT2D eigenvalue weighted by Crippen LogP contribution is 2.27. The summed E-state index contributed by atoms with van der Waals surface area (Å²) >= 11 is 0. The summed E-state index contributed by atoms with van der Waals surface area (Å²) in [5.74, 6) is 1.51. The summed E-state index contributed by atoms with van der Waals surface area (Å²) in [6.07, 6.45) is 4.42. The first-order valence-corrected chi connectivity index (χ1v) is 10.1. The van der Waals surface area contributed by atoms with Gasteiger partial charge in [0, 0.05) is 37.6 Å². The number of amides is 1. The lowest BCUT2D eigenvalue weighted by Gasteiger charge is -2.41. The Balaban J connectivity index is 1.37. The predicted octanol–water partition coefficient (Wildman–Crippen LogP) is 1.57. The Bertz CT molecular complexity index is 1070. The summed E-state index contributed by atoms with van der Waals surface area (Å²) < 4.78 is 12.9. The van der Waals surface area contributed by atoms with Crippen LogP contribution in [0.1, 0.15) is 12.0 Å². The Labute approximate surface area is 174 Å². The molecule has 0 unspecified atom stereocenters. The Kier molecular flexibility index (Phi) is 4.97. The van der Waals surface area contributed by atoms with Crippen LogP contribution in [0, 0.1) is 0 Å². The van der Waals surface area contributed by atoms with Crippen molar-refractivity contribution in [1.29, 1.82) is 0 Å². The van der Waals surface area contributed by atoms with Crippen LogP contribution in [0.25, 0.3) is 5.52 Å². The minimum Gasteiger partial charge on any atom is -0.497 e. The summed E-state index contributed by atoms with van der Waals surface area (Å²) in [6.45, 7) is 2.59. The van der Waals surface area contributed by atoms with E-state index in [0.29, 0.717) is 0 Å². The Morgan fingerprint density at radius 1 is 1.37 bits per heavy atom. The van der Waals surface area contributed by atoms with Gasteiger partial charge in [-0.1, -0.05) is 6.07 Å². The summed E-state index contributed by atoms with van der Waals surface area (Å²) in [5.41, 5.74) is 2.98. The van der Waals surface area contributed by atoms with Crippen molar-refractivity contribution in [1.82, 2.24) is 24.8 Å². The topological polar surface area (TPSA) is 93.0 Å². The van der Waals surface area contributed by atoms with Gasteiger partial charge < -0.3 is 20.1 Å². The average Bonchev–Trinajstić information content (AvgIpc) is 3.18. The third-order valence-electron chi connectivity index (χ3n) is 5.68. The van der Waals surface area contributed by atoms with Crippen LogP contribution < -0.4 is 15.4 Å². The standard InChI is InChI=1S/C21H24N6O3/c1-29-16-4-2-3-15(9-16)24-21-20-14(5-8-27(20)23-13-22-21)10-26-7-6-17-18(11-26)30-12-19(28)25-17/h2-5,8-9,13,17-18H,6-7,10-12H2,1H3,(H,25,28)(H,22,23,24)/t17-,18-/m1/s1. The molecule has 2 atom stereocenters. The van der Waals surface area contributed by atoms with E-state index in [-0.39, 0.29) is 24.7 Å². The molecule has 5 rings (SSSR count). The molecule has 0 radical (unpaired) electrons. The van der Waals surface area contributed by atoms with Crippen LogP contribution in [0.4, 0.5) is 11.5 Å². The second kappa shape index (κ2) is 7.92. The van der Waals surface area contributed by atoms with Crippen LogP contribution in [0.2, 0.25) is 0 Å². The largest absolute Gasteiger partial charge is 0.497 e. The fraction of sp³-hybridized carbons (Fsp3) is 0.381. The monoisotopic (exact) mass is 408 g/mol. The van der Waals surface area contributed by atoms with Crippen molar-refractivity contribution in [3.63, 3.8) is 0 Å². The number of carbonyl (C=O) groups excluding carboxylic acids is 1. The normalized spacial score (nSPS) is 21.8. The van der Waals surface area contributed by atoms with Gasteiger partial charge in [0.1, 0.15) is 24.2 Å². The van der Waals surface area contributed by atoms with Crippen molar-refractivity contribution in [2.24, 2.45) is 0 Å². The van der Waals surface area contributed by atoms with Crippen LogP contribution in [-0.2, 0) is 16.1 Å². The summed E-state index contributed by atoms with van der Waals surface area (Å²) in [7, 11) is 1.65.